The van der Waals surface area contributed by atoms with Crippen LogP contribution in [-0.2, 0) is 11.3 Å². The minimum Gasteiger partial charge on any atom is -0.352 e. The van der Waals surface area contributed by atoms with Crippen LogP contribution < -0.4 is 10.6 Å². The van der Waals surface area contributed by atoms with E-state index in [1.807, 2.05) is 36.4 Å². The summed E-state index contributed by atoms with van der Waals surface area (Å²) in [4.78, 5) is 12.6. The molecule has 2 aliphatic rings. The first-order valence-corrected chi connectivity index (χ1v) is 9.86. The van der Waals surface area contributed by atoms with Crippen LogP contribution in [0.3, 0.4) is 0 Å². The van der Waals surface area contributed by atoms with E-state index in [4.69, 9.17) is 23.2 Å². The van der Waals surface area contributed by atoms with Gasteiger partial charge in [0.1, 0.15) is 0 Å². The highest BCUT2D eigenvalue weighted by molar-refractivity contribution is 6.36. The number of piperidine rings is 1. The highest BCUT2D eigenvalue weighted by Gasteiger charge is 2.57. The van der Waals surface area contributed by atoms with Crippen molar-refractivity contribution in [3.63, 3.8) is 0 Å². The molecule has 1 atom stereocenters. The van der Waals surface area contributed by atoms with Gasteiger partial charge in [-0.25, -0.2) is 0 Å². The molecule has 4 rings (SSSR count). The zero-order chi connectivity index (χ0) is 18.1. The van der Waals surface area contributed by atoms with Gasteiger partial charge in [0.25, 0.3) is 0 Å². The fourth-order valence-electron chi connectivity index (χ4n) is 4.15. The van der Waals surface area contributed by atoms with Crippen LogP contribution >= 0.6 is 23.2 Å². The van der Waals surface area contributed by atoms with Gasteiger partial charge in [-0.1, -0.05) is 53.5 Å². The Morgan fingerprint density at radius 3 is 2.65 bits per heavy atom. The number of benzene rings is 2. The van der Waals surface area contributed by atoms with Crippen molar-refractivity contribution in [1.82, 2.24) is 10.6 Å². The van der Waals surface area contributed by atoms with Crippen LogP contribution in [0.2, 0.25) is 10.0 Å². The van der Waals surface area contributed by atoms with Gasteiger partial charge in [0.15, 0.2) is 0 Å². The molecule has 3 nitrogen and oxygen atoms in total. The Kier molecular flexibility index (Phi) is 4.96. The van der Waals surface area contributed by atoms with Crippen LogP contribution in [0.15, 0.2) is 42.5 Å². The summed E-state index contributed by atoms with van der Waals surface area (Å²) in [7, 11) is 0. The molecule has 0 aromatic heterocycles. The van der Waals surface area contributed by atoms with Crippen molar-refractivity contribution in [2.45, 2.75) is 25.8 Å². The normalized spacial score (nSPS) is 20.8. The summed E-state index contributed by atoms with van der Waals surface area (Å²) in [6, 6.07) is 13.5. The summed E-state index contributed by atoms with van der Waals surface area (Å²) in [6.45, 7) is 2.57. The number of nitrogens with one attached hydrogen (secondary N) is 2. The SMILES string of the molecule is O=C(NCc1ccccc1-c1ccc(Cl)cc1Cl)C1CC12CCNCC2. The van der Waals surface area contributed by atoms with E-state index in [1.165, 1.54) is 0 Å². The fourth-order valence-corrected chi connectivity index (χ4v) is 4.66. The molecule has 0 radical (unpaired) electrons. The van der Waals surface area contributed by atoms with E-state index >= 15 is 0 Å². The Hall–Kier alpha value is -1.55. The molecule has 1 aliphatic carbocycles. The van der Waals surface area contributed by atoms with E-state index in [9.17, 15) is 4.79 Å². The van der Waals surface area contributed by atoms with Gasteiger partial charge < -0.3 is 10.6 Å². The highest BCUT2D eigenvalue weighted by Crippen LogP contribution is 2.58. The van der Waals surface area contributed by atoms with Crippen molar-refractivity contribution in [2.24, 2.45) is 11.3 Å². The van der Waals surface area contributed by atoms with Crippen LogP contribution in [0.25, 0.3) is 11.1 Å². The average Bonchev–Trinajstić information content (AvgIpc) is 3.34. The van der Waals surface area contributed by atoms with Gasteiger partial charge in [0.2, 0.25) is 5.91 Å². The Balaban J connectivity index is 1.47. The van der Waals surface area contributed by atoms with Crippen molar-refractivity contribution < 1.29 is 4.79 Å². The third kappa shape index (κ3) is 3.48. The molecule has 2 fully saturated rings. The monoisotopic (exact) mass is 388 g/mol. The zero-order valence-electron chi connectivity index (χ0n) is 14.5. The van der Waals surface area contributed by atoms with Crippen molar-refractivity contribution in [1.29, 1.82) is 0 Å². The van der Waals surface area contributed by atoms with E-state index < -0.39 is 0 Å². The van der Waals surface area contributed by atoms with Gasteiger partial charge in [0.05, 0.1) is 0 Å². The molecule has 1 amide bonds. The Labute approximate surface area is 164 Å². The van der Waals surface area contributed by atoms with Gasteiger partial charge in [-0.15, -0.1) is 0 Å². The first-order valence-electron chi connectivity index (χ1n) is 9.11. The zero-order valence-corrected chi connectivity index (χ0v) is 16.0. The minimum absolute atomic E-state index is 0.177. The molecular formula is C21H22Cl2N2O. The lowest BCUT2D eigenvalue weighted by atomic mass is 9.91. The maximum atomic E-state index is 12.6. The molecule has 1 unspecified atom stereocenters. The molecule has 0 bridgehead atoms. The van der Waals surface area contributed by atoms with Gasteiger partial charge >= 0.3 is 0 Å². The van der Waals surface area contributed by atoms with E-state index in [-0.39, 0.29) is 17.2 Å². The van der Waals surface area contributed by atoms with Gasteiger partial charge in [-0.2, -0.15) is 0 Å². The average molecular weight is 389 g/mol. The molecule has 1 aliphatic heterocycles. The Bertz CT molecular complexity index is 831. The second-order valence-electron chi connectivity index (χ2n) is 7.37. The van der Waals surface area contributed by atoms with E-state index in [0.29, 0.717) is 16.6 Å². The number of halogens is 2. The molecule has 26 heavy (non-hydrogen) atoms. The van der Waals surface area contributed by atoms with Crippen LogP contribution in [0.1, 0.15) is 24.8 Å². The van der Waals surface area contributed by atoms with Crippen LogP contribution in [-0.4, -0.2) is 19.0 Å². The fraction of sp³-hybridized carbons (Fsp3) is 0.381. The highest BCUT2D eigenvalue weighted by atomic mass is 35.5. The lowest BCUT2D eigenvalue weighted by molar-refractivity contribution is -0.123. The molecule has 2 aromatic carbocycles. The summed E-state index contributed by atoms with van der Waals surface area (Å²) in [5.74, 6) is 0.361. The third-order valence-corrected chi connectivity index (χ3v) is 6.35. The second kappa shape index (κ2) is 7.22. The Morgan fingerprint density at radius 2 is 1.88 bits per heavy atom. The first kappa shape index (κ1) is 17.8. The number of hydrogen-bond acceptors (Lipinski definition) is 2. The topological polar surface area (TPSA) is 41.1 Å². The smallest absolute Gasteiger partial charge is 0.223 e. The van der Waals surface area contributed by atoms with E-state index in [0.717, 1.165) is 49.0 Å². The minimum atomic E-state index is 0.177. The number of amides is 1. The summed E-state index contributed by atoms with van der Waals surface area (Å²) in [5.41, 5.74) is 3.28. The molecule has 1 heterocycles. The largest absolute Gasteiger partial charge is 0.352 e. The number of carbonyl (C=O) groups excluding carboxylic acids is 1. The van der Waals surface area contributed by atoms with Crippen LogP contribution in [0.5, 0.6) is 0 Å². The maximum absolute atomic E-state index is 12.6. The third-order valence-electron chi connectivity index (χ3n) is 5.80. The lowest BCUT2D eigenvalue weighted by Gasteiger charge is -2.23. The molecule has 1 saturated heterocycles. The first-order chi connectivity index (χ1) is 12.6. The standard InChI is InChI=1S/C21H22Cl2N2O/c22-15-5-6-17(19(23)11-15)16-4-2-1-3-14(16)13-25-20(26)18-12-21(18)7-9-24-10-8-21/h1-6,11,18,24H,7-10,12-13H2,(H,25,26). The maximum Gasteiger partial charge on any atom is 0.223 e. The number of rotatable bonds is 4. The molecule has 1 spiro atoms. The van der Waals surface area contributed by atoms with Gasteiger partial charge in [-0.05, 0) is 61.0 Å². The lowest BCUT2D eigenvalue weighted by Crippen LogP contribution is -2.33. The van der Waals surface area contributed by atoms with Crippen molar-refractivity contribution in [2.75, 3.05) is 13.1 Å². The molecule has 5 heteroatoms. The summed E-state index contributed by atoms with van der Waals surface area (Å²) in [6.07, 6.45) is 3.26. The summed E-state index contributed by atoms with van der Waals surface area (Å²) >= 11 is 12.4. The van der Waals surface area contributed by atoms with Crippen LogP contribution in [0, 0.1) is 11.3 Å². The Morgan fingerprint density at radius 1 is 1.12 bits per heavy atom. The molecule has 1 saturated carbocycles. The van der Waals surface area contributed by atoms with Crippen molar-refractivity contribution in [3.8, 4) is 11.1 Å². The van der Waals surface area contributed by atoms with Crippen molar-refractivity contribution in [3.05, 3.63) is 58.1 Å². The molecular weight excluding hydrogens is 367 g/mol. The predicted molar refractivity (Wildman–Crippen MR) is 106 cm³/mol. The second-order valence-corrected chi connectivity index (χ2v) is 8.21. The molecule has 2 aromatic rings. The molecule has 2 N–H and O–H groups in total. The quantitative estimate of drug-likeness (QED) is 0.798. The van der Waals surface area contributed by atoms with Crippen molar-refractivity contribution >= 4 is 29.1 Å². The van der Waals surface area contributed by atoms with Gasteiger partial charge in [0, 0.05) is 28.1 Å². The predicted octanol–water partition coefficient (Wildman–Crippen LogP) is 4.67. The van der Waals surface area contributed by atoms with E-state index in [1.54, 1.807) is 6.07 Å². The molecule has 136 valence electrons. The summed E-state index contributed by atoms with van der Waals surface area (Å²) in [5, 5.41) is 7.76. The van der Waals surface area contributed by atoms with E-state index in [2.05, 4.69) is 10.6 Å². The number of carbonyl (C=O) groups is 1. The summed E-state index contributed by atoms with van der Waals surface area (Å²) < 4.78 is 0. The van der Waals surface area contributed by atoms with Gasteiger partial charge in [-0.3, -0.25) is 4.79 Å². The number of hydrogen-bond donors (Lipinski definition) is 2. The van der Waals surface area contributed by atoms with Crippen LogP contribution in [0.4, 0.5) is 0 Å².